The molecule has 2 atom stereocenters. The van der Waals surface area contributed by atoms with Crippen molar-refractivity contribution >= 4 is 23.3 Å². The molecule has 0 aliphatic carbocycles. The number of benzene rings is 1. The summed E-state index contributed by atoms with van der Waals surface area (Å²) in [5.74, 6) is 0.544. The minimum Gasteiger partial charge on any atom is -0.508 e. The molecule has 1 aromatic heterocycles. The molecule has 1 aliphatic rings. The third-order valence-electron chi connectivity index (χ3n) is 4.39. The Bertz CT molecular complexity index is 794. The maximum absolute atomic E-state index is 12.4. The van der Waals surface area contributed by atoms with Gasteiger partial charge in [0.05, 0.1) is 19.2 Å². The predicted molar refractivity (Wildman–Crippen MR) is 103 cm³/mol. The molecule has 0 saturated heterocycles. The summed E-state index contributed by atoms with van der Waals surface area (Å²) >= 11 is 1.57. The molecule has 0 radical (unpaired) electrons. The summed E-state index contributed by atoms with van der Waals surface area (Å²) < 4.78 is 5.55. The lowest BCUT2D eigenvalue weighted by molar-refractivity contribution is -0.123. The lowest BCUT2D eigenvalue weighted by Crippen LogP contribution is -2.50. The van der Waals surface area contributed by atoms with Crippen molar-refractivity contribution in [1.82, 2.24) is 16.0 Å². The Morgan fingerprint density at radius 2 is 2.22 bits per heavy atom. The zero-order valence-electron chi connectivity index (χ0n) is 15.0. The molecule has 7 nitrogen and oxygen atoms in total. The smallest absolute Gasteiger partial charge is 0.315 e. The van der Waals surface area contributed by atoms with Crippen LogP contribution in [0, 0.1) is 0 Å². The number of carbonyl (C=O) groups is 2. The number of hydrogen-bond acceptors (Lipinski definition) is 5. The zero-order valence-corrected chi connectivity index (χ0v) is 15.8. The molecular weight excluding hydrogens is 366 g/mol. The second-order valence-electron chi connectivity index (χ2n) is 6.29. The average molecular weight is 389 g/mol. The Balaban J connectivity index is 1.56. The topological polar surface area (TPSA) is 99.7 Å². The van der Waals surface area contributed by atoms with Gasteiger partial charge in [-0.3, -0.25) is 4.79 Å². The molecule has 0 bridgehead atoms. The number of phenolic OH excluding ortho intramolecular Hbond substituents is 1. The van der Waals surface area contributed by atoms with Gasteiger partial charge in [-0.1, -0.05) is 13.0 Å². The van der Waals surface area contributed by atoms with Crippen LogP contribution in [0.15, 0.2) is 35.7 Å². The zero-order chi connectivity index (χ0) is 19.2. The van der Waals surface area contributed by atoms with Crippen LogP contribution in [0.4, 0.5) is 4.79 Å². The van der Waals surface area contributed by atoms with Gasteiger partial charge in [0, 0.05) is 16.9 Å². The highest BCUT2D eigenvalue weighted by molar-refractivity contribution is 7.09. The second kappa shape index (κ2) is 8.77. The molecule has 144 valence electrons. The van der Waals surface area contributed by atoms with Crippen LogP contribution in [0.5, 0.6) is 11.5 Å². The molecule has 27 heavy (non-hydrogen) atoms. The highest BCUT2D eigenvalue weighted by atomic mass is 32.1. The Hall–Kier alpha value is -2.74. The van der Waals surface area contributed by atoms with Crippen LogP contribution in [-0.4, -0.2) is 29.7 Å². The summed E-state index contributed by atoms with van der Waals surface area (Å²) in [5, 5.41) is 20.1. The van der Waals surface area contributed by atoms with E-state index in [-0.39, 0.29) is 17.7 Å². The van der Waals surface area contributed by atoms with E-state index in [0.717, 1.165) is 10.4 Å². The maximum atomic E-state index is 12.4. The molecule has 0 fully saturated rings. The van der Waals surface area contributed by atoms with Crippen LogP contribution in [0.25, 0.3) is 0 Å². The second-order valence-corrected chi connectivity index (χ2v) is 7.32. The number of fused-ring (bicyclic) bond motifs is 1. The van der Waals surface area contributed by atoms with Crippen LogP contribution in [-0.2, 0) is 11.3 Å². The van der Waals surface area contributed by atoms with E-state index in [1.54, 1.807) is 29.5 Å². The third-order valence-corrected chi connectivity index (χ3v) is 5.26. The SMILES string of the molecule is CCC(NC(=O)N[C@@H]1CCOc2ccc(O)cc21)C(=O)NCc1cccs1. The first-order valence-electron chi connectivity index (χ1n) is 8.89. The van der Waals surface area contributed by atoms with Crippen LogP contribution < -0.4 is 20.7 Å². The highest BCUT2D eigenvalue weighted by Crippen LogP contribution is 2.34. The van der Waals surface area contributed by atoms with Crippen molar-refractivity contribution in [2.75, 3.05) is 6.61 Å². The summed E-state index contributed by atoms with van der Waals surface area (Å²) in [6, 6.07) is 7.37. The van der Waals surface area contributed by atoms with Crippen molar-refractivity contribution < 1.29 is 19.4 Å². The number of thiophene rings is 1. The largest absolute Gasteiger partial charge is 0.508 e. The molecule has 3 rings (SSSR count). The fourth-order valence-electron chi connectivity index (χ4n) is 2.95. The lowest BCUT2D eigenvalue weighted by Gasteiger charge is -2.27. The molecular formula is C19H23N3O4S. The molecule has 1 unspecified atom stereocenters. The number of rotatable bonds is 6. The van der Waals surface area contributed by atoms with E-state index in [1.807, 2.05) is 24.4 Å². The summed E-state index contributed by atoms with van der Waals surface area (Å²) in [6.45, 7) is 2.77. The summed E-state index contributed by atoms with van der Waals surface area (Å²) in [5.41, 5.74) is 0.728. The molecule has 1 aliphatic heterocycles. The normalized spacial score (nSPS) is 16.6. The standard InChI is InChI=1S/C19H23N3O4S/c1-2-15(18(24)20-11-13-4-3-9-27-13)21-19(25)22-16-7-8-26-17-6-5-12(23)10-14(16)17/h3-6,9-10,15-16,23H,2,7-8,11H2,1H3,(H,20,24)(H2,21,22,25)/t15?,16-/m1/s1. The number of aromatic hydroxyl groups is 1. The lowest BCUT2D eigenvalue weighted by atomic mass is 10.0. The number of hydrogen-bond donors (Lipinski definition) is 4. The van der Waals surface area contributed by atoms with Crippen LogP contribution >= 0.6 is 11.3 Å². The van der Waals surface area contributed by atoms with Crippen molar-refractivity contribution in [3.63, 3.8) is 0 Å². The van der Waals surface area contributed by atoms with Gasteiger partial charge in [-0.2, -0.15) is 0 Å². The summed E-state index contributed by atoms with van der Waals surface area (Å²) in [7, 11) is 0. The van der Waals surface area contributed by atoms with Crippen molar-refractivity contribution in [3.8, 4) is 11.5 Å². The molecule has 1 aromatic carbocycles. The highest BCUT2D eigenvalue weighted by Gasteiger charge is 2.25. The Labute approximate surface area is 161 Å². The first-order valence-corrected chi connectivity index (χ1v) is 9.77. The van der Waals surface area contributed by atoms with E-state index in [2.05, 4.69) is 16.0 Å². The van der Waals surface area contributed by atoms with E-state index >= 15 is 0 Å². The van der Waals surface area contributed by atoms with Crippen LogP contribution in [0.2, 0.25) is 0 Å². The monoisotopic (exact) mass is 389 g/mol. The van der Waals surface area contributed by atoms with Crippen molar-refractivity contribution in [3.05, 3.63) is 46.2 Å². The average Bonchev–Trinajstić information content (AvgIpc) is 3.18. The van der Waals surface area contributed by atoms with Gasteiger partial charge in [0.25, 0.3) is 0 Å². The van der Waals surface area contributed by atoms with Gasteiger partial charge in [-0.05, 0) is 36.1 Å². The van der Waals surface area contributed by atoms with E-state index in [1.165, 1.54) is 0 Å². The van der Waals surface area contributed by atoms with Crippen molar-refractivity contribution in [2.45, 2.75) is 38.4 Å². The fraction of sp³-hybridized carbons (Fsp3) is 0.368. The van der Waals surface area contributed by atoms with Gasteiger partial charge in [-0.25, -0.2) is 4.79 Å². The minimum atomic E-state index is -0.617. The molecule has 2 heterocycles. The molecule has 4 N–H and O–H groups in total. The Morgan fingerprint density at radius 3 is 2.96 bits per heavy atom. The molecule has 3 amide bonds. The number of urea groups is 1. The minimum absolute atomic E-state index is 0.117. The number of ether oxygens (including phenoxy) is 1. The maximum Gasteiger partial charge on any atom is 0.315 e. The van der Waals surface area contributed by atoms with Gasteiger partial charge in [0.15, 0.2) is 0 Å². The van der Waals surface area contributed by atoms with E-state index < -0.39 is 12.1 Å². The summed E-state index contributed by atoms with van der Waals surface area (Å²) in [6.07, 6.45) is 1.07. The number of nitrogens with one attached hydrogen (secondary N) is 3. The van der Waals surface area contributed by atoms with Gasteiger partial charge < -0.3 is 25.8 Å². The number of phenols is 1. The molecule has 0 spiro atoms. The van der Waals surface area contributed by atoms with Gasteiger partial charge in [0.2, 0.25) is 5.91 Å². The molecule has 8 heteroatoms. The van der Waals surface area contributed by atoms with Gasteiger partial charge >= 0.3 is 6.03 Å². The fourth-order valence-corrected chi connectivity index (χ4v) is 3.60. The molecule has 0 saturated carbocycles. The number of amides is 3. The Kier molecular flexibility index (Phi) is 6.18. The first kappa shape index (κ1) is 19.0. The quantitative estimate of drug-likeness (QED) is 0.610. The van der Waals surface area contributed by atoms with Crippen LogP contribution in [0.3, 0.4) is 0 Å². The summed E-state index contributed by atoms with van der Waals surface area (Å²) in [4.78, 5) is 25.8. The van der Waals surface area contributed by atoms with E-state index in [4.69, 9.17) is 4.74 Å². The van der Waals surface area contributed by atoms with E-state index in [9.17, 15) is 14.7 Å². The van der Waals surface area contributed by atoms with Crippen molar-refractivity contribution in [1.29, 1.82) is 0 Å². The first-order chi connectivity index (χ1) is 13.1. The number of carbonyl (C=O) groups excluding carboxylic acids is 2. The molecule has 2 aromatic rings. The van der Waals surface area contributed by atoms with Crippen molar-refractivity contribution in [2.24, 2.45) is 0 Å². The Morgan fingerprint density at radius 1 is 1.37 bits per heavy atom. The van der Waals surface area contributed by atoms with Gasteiger partial charge in [-0.15, -0.1) is 11.3 Å². The van der Waals surface area contributed by atoms with Gasteiger partial charge in [0.1, 0.15) is 17.5 Å². The van der Waals surface area contributed by atoms with Crippen LogP contribution in [0.1, 0.15) is 36.2 Å². The third kappa shape index (κ3) is 4.91. The van der Waals surface area contributed by atoms with E-state index in [0.29, 0.717) is 31.7 Å². The predicted octanol–water partition coefficient (Wildman–Crippen LogP) is 2.67.